The van der Waals surface area contributed by atoms with E-state index in [1.807, 2.05) is 67.4 Å². The van der Waals surface area contributed by atoms with E-state index in [0.717, 1.165) is 45.4 Å². The summed E-state index contributed by atoms with van der Waals surface area (Å²) in [5.41, 5.74) is 1.56. The monoisotopic (exact) mass is 892 g/mol. The number of aromatic amines is 1. The highest BCUT2D eigenvalue weighted by Gasteiger charge is 2.80. The molecule has 1 aliphatic carbocycles. The molecule has 3 aromatic carbocycles. The molecule has 12 heteroatoms. The number of anilines is 1. The molecule has 1 aromatic heterocycles. The van der Waals surface area contributed by atoms with Crippen molar-refractivity contribution in [1.29, 1.82) is 0 Å². The minimum atomic E-state index is -2.30. The Hall–Kier alpha value is -5.87. The molecule has 66 heavy (non-hydrogen) atoms. The lowest BCUT2D eigenvalue weighted by Crippen LogP contribution is -2.81. The number of carbonyl (C=O) groups excluding carboxylic acids is 3. The van der Waals surface area contributed by atoms with Crippen LogP contribution in [0.3, 0.4) is 0 Å². The van der Waals surface area contributed by atoms with Crippen LogP contribution in [-0.4, -0.2) is 122 Å². The van der Waals surface area contributed by atoms with Crippen LogP contribution >= 0.6 is 0 Å². The van der Waals surface area contributed by atoms with Gasteiger partial charge < -0.3 is 33.9 Å². The Bertz CT molecular complexity index is 2750. The Morgan fingerprint density at radius 3 is 2.39 bits per heavy atom. The minimum Gasteiger partial charge on any atom is -0.496 e. The molecule has 7 unspecified atom stereocenters. The zero-order valence-electron chi connectivity index (χ0n) is 39.0. The van der Waals surface area contributed by atoms with Crippen LogP contribution in [0.4, 0.5) is 5.69 Å². The summed E-state index contributed by atoms with van der Waals surface area (Å²) in [4.78, 5) is 53.9. The average Bonchev–Trinajstić information content (AvgIpc) is 4.00. The predicted molar refractivity (Wildman–Crippen MR) is 251 cm³/mol. The zero-order chi connectivity index (χ0) is 46.3. The van der Waals surface area contributed by atoms with Crippen LogP contribution in [0.1, 0.15) is 74.4 Å². The maximum Gasteiger partial charge on any atom is 0.344 e. The highest BCUT2D eigenvalue weighted by atomic mass is 16.6. The van der Waals surface area contributed by atoms with Gasteiger partial charge in [-0.1, -0.05) is 80.3 Å². The second-order valence-corrected chi connectivity index (χ2v) is 19.2. The van der Waals surface area contributed by atoms with E-state index in [9.17, 15) is 14.7 Å². The number of rotatable bonds is 7. The number of carbonyl (C=O) groups is 3. The van der Waals surface area contributed by atoms with Crippen molar-refractivity contribution in [3.8, 4) is 17.6 Å². The third kappa shape index (κ3) is 5.98. The molecule has 12 nitrogen and oxygen atoms in total. The van der Waals surface area contributed by atoms with Crippen molar-refractivity contribution >= 4 is 34.5 Å². The van der Waals surface area contributed by atoms with Crippen LogP contribution in [0.15, 0.2) is 90.5 Å². The van der Waals surface area contributed by atoms with Crippen LogP contribution in [0, 0.1) is 23.2 Å². The van der Waals surface area contributed by atoms with Gasteiger partial charge in [0.2, 0.25) is 5.60 Å². The van der Waals surface area contributed by atoms with E-state index in [2.05, 4.69) is 70.0 Å². The molecule has 10 atom stereocenters. The molecule has 5 aliphatic heterocycles. The molecular formula is C54H60N4O8. The van der Waals surface area contributed by atoms with Gasteiger partial charge in [-0.3, -0.25) is 19.4 Å². The molecule has 344 valence electrons. The van der Waals surface area contributed by atoms with E-state index >= 15 is 4.79 Å². The van der Waals surface area contributed by atoms with Gasteiger partial charge in [-0.15, -0.1) is 0 Å². The molecule has 2 N–H and O–H groups in total. The first-order valence-corrected chi connectivity index (χ1v) is 23.4. The van der Waals surface area contributed by atoms with Crippen LogP contribution in [0.25, 0.3) is 10.9 Å². The number of benzene rings is 3. The van der Waals surface area contributed by atoms with E-state index in [0.29, 0.717) is 63.2 Å². The van der Waals surface area contributed by atoms with E-state index in [-0.39, 0.29) is 18.0 Å². The fourth-order valence-electron chi connectivity index (χ4n) is 14.0. The molecule has 6 heterocycles. The first-order valence-electron chi connectivity index (χ1n) is 23.4. The highest BCUT2D eigenvalue weighted by Crippen LogP contribution is 2.68. The maximum absolute atomic E-state index is 15.6. The number of H-pyrrole nitrogens is 1. The Labute approximate surface area is 386 Å². The van der Waals surface area contributed by atoms with Gasteiger partial charge in [0, 0.05) is 90.0 Å². The Morgan fingerprint density at radius 1 is 0.924 bits per heavy atom. The van der Waals surface area contributed by atoms with Crippen LogP contribution in [0.2, 0.25) is 0 Å². The summed E-state index contributed by atoms with van der Waals surface area (Å²) >= 11 is 0. The third-order valence-electron chi connectivity index (χ3n) is 16.4. The fourth-order valence-corrected chi connectivity index (χ4v) is 14.0. The quantitative estimate of drug-likeness (QED) is 0.0950. The number of likely N-dealkylation sites (N-methyl/N-ethyl adjacent to an activating group) is 1. The second kappa shape index (κ2) is 16.2. The number of para-hydroxylation sites is 1. The standard InChI is InChI=1S/C54H60N4O8/c1-8-36-28-35-31-53(49(60)64-6,45-38(37-18-13-14-19-41(37)55-45)22-26-58(32-35)42(36)21-20-34-16-11-10-12-17-34)40-29-39-43(30-44(40)63-5)56(4)47-52(39)24-27-57-25-15-23-51(9-2,46(52)57)48(66-33(3)59)54(47,62)50(61)65-7/h10-19,23,28-30,35,42,46-48,55,62H,8-9,22,24-27,31-32H2,1-7H3/t35?,42-,46?,47?,48?,51?,52?,53+,54+/m1/s1. The molecule has 2 bridgehead atoms. The Kier molecular flexibility index (Phi) is 10.8. The summed E-state index contributed by atoms with van der Waals surface area (Å²) in [6.45, 7) is 8.22. The number of methoxy groups -OCH3 is 3. The number of nitrogens with one attached hydrogen (secondary N) is 1. The van der Waals surface area contributed by atoms with Gasteiger partial charge in [0.1, 0.15) is 11.2 Å². The molecule has 0 amide bonds. The van der Waals surface area contributed by atoms with Crippen molar-refractivity contribution in [2.45, 2.75) is 93.5 Å². The number of aliphatic hydroxyl groups is 1. The smallest absolute Gasteiger partial charge is 0.344 e. The molecule has 4 aromatic rings. The number of aromatic nitrogens is 1. The molecule has 2 fully saturated rings. The lowest BCUT2D eigenvalue weighted by molar-refractivity contribution is -0.228. The highest BCUT2D eigenvalue weighted by molar-refractivity contribution is 5.95. The summed E-state index contributed by atoms with van der Waals surface area (Å²) in [7, 11) is 6.23. The second-order valence-electron chi connectivity index (χ2n) is 19.2. The van der Waals surface area contributed by atoms with Crippen molar-refractivity contribution in [3.63, 3.8) is 0 Å². The summed E-state index contributed by atoms with van der Waals surface area (Å²) < 4.78 is 24.2. The van der Waals surface area contributed by atoms with Crippen LogP contribution in [0.5, 0.6) is 5.75 Å². The van der Waals surface area contributed by atoms with Crippen molar-refractivity contribution in [2.24, 2.45) is 11.3 Å². The van der Waals surface area contributed by atoms with Gasteiger partial charge in [-0.05, 0) is 85.5 Å². The molecule has 10 rings (SSSR count). The van der Waals surface area contributed by atoms with E-state index in [4.69, 9.17) is 18.9 Å². The predicted octanol–water partition coefficient (Wildman–Crippen LogP) is 6.22. The van der Waals surface area contributed by atoms with Gasteiger partial charge >= 0.3 is 17.9 Å². The van der Waals surface area contributed by atoms with Gasteiger partial charge in [-0.2, -0.15) is 0 Å². The van der Waals surface area contributed by atoms with Crippen LogP contribution in [-0.2, 0) is 45.8 Å². The third-order valence-corrected chi connectivity index (χ3v) is 16.4. The normalized spacial score (nSPS) is 32.8. The first kappa shape index (κ1) is 44.0. The number of hydrogen-bond acceptors (Lipinski definition) is 11. The Morgan fingerprint density at radius 2 is 1.68 bits per heavy atom. The van der Waals surface area contributed by atoms with E-state index < -0.39 is 51.9 Å². The Balaban J connectivity index is 1.24. The van der Waals surface area contributed by atoms with Crippen molar-refractivity contribution in [3.05, 3.63) is 118 Å². The van der Waals surface area contributed by atoms with Crippen LogP contribution < -0.4 is 9.64 Å². The summed E-state index contributed by atoms with van der Waals surface area (Å²) in [6, 6.07) is 21.1. The van der Waals surface area contributed by atoms with Gasteiger partial charge in [0.25, 0.3) is 0 Å². The van der Waals surface area contributed by atoms with Crippen molar-refractivity contribution in [1.82, 2.24) is 14.8 Å². The molecule has 0 radical (unpaired) electrons. The summed E-state index contributed by atoms with van der Waals surface area (Å²) in [5.74, 6) is 5.61. The number of nitrogens with zero attached hydrogens (tertiary/aromatic N) is 3. The lowest BCUT2D eigenvalue weighted by atomic mass is 9.47. The molecule has 1 spiro atoms. The van der Waals surface area contributed by atoms with Gasteiger partial charge in [0.05, 0.1) is 33.4 Å². The summed E-state index contributed by atoms with van der Waals surface area (Å²) in [5, 5.41) is 14.5. The largest absolute Gasteiger partial charge is 0.496 e. The molecule has 1 saturated heterocycles. The van der Waals surface area contributed by atoms with E-state index in [1.165, 1.54) is 26.7 Å². The topological polar surface area (TPSA) is 134 Å². The zero-order valence-corrected chi connectivity index (χ0v) is 39.0. The van der Waals surface area contributed by atoms with Gasteiger partial charge in [-0.25, -0.2) is 4.79 Å². The molecular weight excluding hydrogens is 833 g/mol. The first-order chi connectivity index (χ1) is 31.9. The minimum absolute atomic E-state index is 0.0977. The molecule has 1 saturated carbocycles. The summed E-state index contributed by atoms with van der Waals surface area (Å²) in [6.07, 6.45) is 8.05. The van der Waals surface area contributed by atoms with Crippen molar-refractivity contribution in [2.75, 3.05) is 59.5 Å². The fraction of sp³-hybridized carbons (Fsp3) is 0.463. The lowest BCUT2D eigenvalue weighted by Gasteiger charge is -2.63. The van der Waals surface area contributed by atoms with Crippen molar-refractivity contribution < 1.29 is 38.4 Å². The molecule has 6 aliphatic rings. The SMILES string of the molecule is CCC1=CC2CN(CCc3c([nH]c4ccccc34)[C@@](C(=O)OC)(c3cc4c(cc3OC)N(C)C3C45CCN4CC=CC(CC)(C45)C(OC(C)=O)[C@]3(O)C(=O)OC)C2)[C@@H]1C#Cc1ccccc1. The maximum atomic E-state index is 15.6. The average molecular weight is 893 g/mol. The number of esters is 3. The number of hydrogen-bond donors (Lipinski definition) is 2. The van der Waals surface area contributed by atoms with E-state index in [1.54, 1.807) is 7.11 Å². The van der Waals surface area contributed by atoms with Gasteiger partial charge in [0.15, 0.2) is 6.10 Å². The number of ether oxygens (including phenoxy) is 4. The number of fused-ring (bicyclic) bond motifs is 6.